The molecule has 1 aromatic carbocycles. The van der Waals surface area contributed by atoms with Crippen LogP contribution < -0.4 is 0 Å². The zero-order valence-electron chi connectivity index (χ0n) is 7.63. The Labute approximate surface area is 78.4 Å². The maximum atomic E-state index is 2.33. The van der Waals surface area contributed by atoms with Gasteiger partial charge in [0.1, 0.15) is 0 Å². The lowest BCUT2D eigenvalue weighted by Gasteiger charge is -2.30. The van der Waals surface area contributed by atoms with Gasteiger partial charge in [-0.3, -0.25) is 0 Å². The van der Waals surface area contributed by atoms with Gasteiger partial charge in [0.2, 0.25) is 0 Å². The number of aryl methyl sites for hydroxylation is 1. The lowest BCUT2D eigenvalue weighted by molar-refractivity contribution is 0.621. The van der Waals surface area contributed by atoms with Crippen LogP contribution >= 0.6 is 11.8 Å². The van der Waals surface area contributed by atoms with Crippen molar-refractivity contribution in [2.45, 2.75) is 36.3 Å². The predicted molar refractivity (Wildman–Crippen MR) is 54.7 cm³/mol. The van der Waals surface area contributed by atoms with Crippen molar-refractivity contribution in [3.05, 3.63) is 29.8 Å². The second kappa shape index (κ2) is 2.81. The molecular formula is C11H14S. The molecule has 0 saturated heterocycles. The number of hydrogen-bond acceptors (Lipinski definition) is 1. The highest BCUT2D eigenvalue weighted by Gasteiger charge is 2.25. The van der Waals surface area contributed by atoms with Crippen LogP contribution in [0.1, 0.15) is 25.8 Å². The Kier molecular flexibility index (Phi) is 1.91. The van der Waals surface area contributed by atoms with Crippen molar-refractivity contribution in [1.82, 2.24) is 0 Å². The predicted octanol–water partition coefficient (Wildman–Crippen LogP) is 3.50. The molecule has 1 heteroatoms. The third kappa shape index (κ3) is 1.51. The van der Waals surface area contributed by atoms with Crippen molar-refractivity contribution in [2.24, 2.45) is 0 Å². The molecule has 12 heavy (non-hydrogen) atoms. The Morgan fingerprint density at radius 2 is 2.00 bits per heavy atom. The first kappa shape index (κ1) is 8.18. The molecule has 0 radical (unpaired) electrons. The van der Waals surface area contributed by atoms with Gasteiger partial charge in [0.15, 0.2) is 0 Å². The summed E-state index contributed by atoms with van der Waals surface area (Å²) in [4.78, 5) is 1.48. The Balaban J connectivity index is 2.35. The molecule has 0 unspecified atom stereocenters. The fourth-order valence-electron chi connectivity index (χ4n) is 1.59. The van der Waals surface area contributed by atoms with E-state index in [9.17, 15) is 0 Å². The Morgan fingerprint density at radius 3 is 2.83 bits per heavy atom. The monoisotopic (exact) mass is 178 g/mol. The fraction of sp³-hybridized carbons (Fsp3) is 0.455. The molecule has 1 aromatic rings. The Bertz CT molecular complexity index is 289. The third-order valence-corrected chi connectivity index (χ3v) is 3.73. The second-order valence-corrected chi connectivity index (χ2v) is 5.72. The number of rotatable bonds is 0. The highest BCUT2D eigenvalue weighted by atomic mass is 32.2. The summed E-state index contributed by atoms with van der Waals surface area (Å²) in [5, 5.41) is 0. The van der Waals surface area contributed by atoms with Gasteiger partial charge >= 0.3 is 0 Å². The molecule has 1 aliphatic heterocycles. The fourth-order valence-corrected chi connectivity index (χ4v) is 2.84. The van der Waals surface area contributed by atoms with Crippen LogP contribution in [0, 0.1) is 0 Å². The van der Waals surface area contributed by atoms with E-state index in [2.05, 4.69) is 38.1 Å². The van der Waals surface area contributed by atoms with Crippen LogP contribution in [-0.4, -0.2) is 4.75 Å². The van der Waals surface area contributed by atoms with Gasteiger partial charge in [0.05, 0.1) is 0 Å². The number of thioether (sulfide) groups is 1. The third-order valence-electron chi connectivity index (χ3n) is 2.36. The smallest absolute Gasteiger partial charge is 0.0154 e. The van der Waals surface area contributed by atoms with Crippen molar-refractivity contribution in [3.63, 3.8) is 0 Å². The zero-order valence-corrected chi connectivity index (χ0v) is 8.45. The molecule has 0 aliphatic carbocycles. The maximum absolute atomic E-state index is 2.33. The van der Waals surface area contributed by atoms with Crippen LogP contribution in [0.4, 0.5) is 0 Å². The van der Waals surface area contributed by atoms with E-state index < -0.39 is 0 Å². The quantitative estimate of drug-likeness (QED) is 0.586. The molecule has 1 heterocycles. The highest BCUT2D eigenvalue weighted by molar-refractivity contribution is 8.00. The maximum Gasteiger partial charge on any atom is 0.0154 e. The normalized spacial score (nSPS) is 20.2. The lowest BCUT2D eigenvalue weighted by Crippen LogP contribution is -2.19. The summed E-state index contributed by atoms with van der Waals surface area (Å²) in [7, 11) is 0. The largest absolute Gasteiger partial charge is 0.120 e. The number of hydrogen-bond donors (Lipinski definition) is 0. The summed E-state index contributed by atoms with van der Waals surface area (Å²) < 4.78 is 0.439. The van der Waals surface area contributed by atoms with E-state index in [-0.39, 0.29) is 0 Å². The highest BCUT2D eigenvalue weighted by Crippen LogP contribution is 2.42. The van der Waals surface area contributed by atoms with Crippen LogP contribution in [0.15, 0.2) is 29.2 Å². The summed E-state index contributed by atoms with van der Waals surface area (Å²) in [6.45, 7) is 4.65. The standard InChI is InChI=1S/C11H14S/c1-11(2)8-7-9-5-3-4-6-10(9)12-11/h3-6H,7-8H2,1-2H3. The van der Waals surface area contributed by atoms with Gasteiger partial charge in [-0.05, 0) is 24.5 Å². The average molecular weight is 178 g/mol. The number of benzene rings is 1. The minimum Gasteiger partial charge on any atom is -0.120 e. The first-order chi connectivity index (χ1) is 5.67. The van der Waals surface area contributed by atoms with E-state index in [4.69, 9.17) is 0 Å². The lowest BCUT2D eigenvalue weighted by atomic mass is 10.0. The number of fused-ring (bicyclic) bond motifs is 1. The van der Waals surface area contributed by atoms with E-state index in [0.29, 0.717) is 4.75 Å². The van der Waals surface area contributed by atoms with Crippen LogP contribution in [-0.2, 0) is 6.42 Å². The van der Waals surface area contributed by atoms with Crippen molar-refractivity contribution in [2.75, 3.05) is 0 Å². The molecule has 0 aromatic heterocycles. The molecule has 0 spiro atoms. The molecule has 0 amide bonds. The molecule has 0 nitrogen and oxygen atoms in total. The molecule has 64 valence electrons. The van der Waals surface area contributed by atoms with Crippen molar-refractivity contribution < 1.29 is 0 Å². The molecule has 0 atom stereocenters. The first-order valence-electron chi connectivity index (χ1n) is 4.44. The minimum atomic E-state index is 0.439. The first-order valence-corrected chi connectivity index (χ1v) is 5.26. The van der Waals surface area contributed by atoms with E-state index in [1.165, 1.54) is 23.3 Å². The zero-order chi connectivity index (χ0) is 8.60. The topological polar surface area (TPSA) is 0 Å². The van der Waals surface area contributed by atoms with Gasteiger partial charge in [0.25, 0.3) is 0 Å². The molecular weight excluding hydrogens is 164 g/mol. The molecule has 2 rings (SSSR count). The van der Waals surface area contributed by atoms with Gasteiger partial charge in [-0.1, -0.05) is 32.0 Å². The minimum absolute atomic E-state index is 0.439. The van der Waals surface area contributed by atoms with Crippen molar-refractivity contribution >= 4 is 11.8 Å². The molecule has 0 fully saturated rings. The van der Waals surface area contributed by atoms with Crippen LogP contribution in [0.25, 0.3) is 0 Å². The van der Waals surface area contributed by atoms with Gasteiger partial charge in [0, 0.05) is 9.64 Å². The summed E-state index contributed by atoms with van der Waals surface area (Å²) in [6, 6.07) is 8.75. The van der Waals surface area contributed by atoms with Crippen molar-refractivity contribution in [3.8, 4) is 0 Å². The SMILES string of the molecule is CC1(C)CCc2ccccc2S1. The molecule has 0 N–H and O–H groups in total. The molecule has 0 saturated carbocycles. The van der Waals surface area contributed by atoms with E-state index >= 15 is 0 Å². The van der Waals surface area contributed by atoms with Gasteiger partial charge in [-0.15, -0.1) is 11.8 Å². The van der Waals surface area contributed by atoms with Gasteiger partial charge < -0.3 is 0 Å². The van der Waals surface area contributed by atoms with Gasteiger partial charge in [-0.2, -0.15) is 0 Å². The van der Waals surface area contributed by atoms with E-state index in [1.54, 1.807) is 0 Å². The Morgan fingerprint density at radius 1 is 1.25 bits per heavy atom. The average Bonchev–Trinajstić information content (AvgIpc) is 2.02. The van der Waals surface area contributed by atoms with Crippen molar-refractivity contribution in [1.29, 1.82) is 0 Å². The van der Waals surface area contributed by atoms with Crippen LogP contribution in [0.2, 0.25) is 0 Å². The molecule has 1 aliphatic rings. The van der Waals surface area contributed by atoms with Crippen LogP contribution in [0.5, 0.6) is 0 Å². The van der Waals surface area contributed by atoms with E-state index in [1.807, 2.05) is 11.8 Å². The summed E-state index contributed by atoms with van der Waals surface area (Å²) in [6.07, 6.45) is 2.55. The second-order valence-electron chi connectivity index (χ2n) is 3.97. The summed E-state index contributed by atoms with van der Waals surface area (Å²) in [5.74, 6) is 0. The Hall–Kier alpha value is -0.430. The molecule has 0 bridgehead atoms. The van der Waals surface area contributed by atoms with Gasteiger partial charge in [-0.25, -0.2) is 0 Å². The summed E-state index contributed by atoms with van der Waals surface area (Å²) in [5.41, 5.74) is 1.53. The summed E-state index contributed by atoms with van der Waals surface area (Å²) >= 11 is 2.01. The van der Waals surface area contributed by atoms with Crippen LogP contribution in [0.3, 0.4) is 0 Å². The van der Waals surface area contributed by atoms with E-state index in [0.717, 1.165) is 0 Å².